The molecule has 0 radical (unpaired) electrons. The van der Waals surface area contributed by atoms with Crippen LogP contribution in [0.1, 0.15) is 55.6 Å². The molecule has 0 unspecified atom stereocenters. The van der Waals surface area contributed by atoms with Gasteiger partial charge in [0.25, 0.3) is 5.91 Å². The van der Waals surface area contributed by atoms with Crippen molar-refractivity contribution in [2.75, 3.05) is 6.26 Å². The van der Waals surface area contributed by atoms with Gasteiger partial charge in [-0.25, -0.2) is 13.4 Å². The van der Waals surface area contributed by atoms with Gasteiger partial charge in [0.05, 0.1) is 15.9 Å². The van der Waals surface area contributed by atoms with Gasteiger partial charge in [0, 0.05) is 6.26 Å². The van der Waals surface area contributed by atoms with Crippen LogP contribution in [-0.4, -0.2) is 47.5 Å². The van der Waals surface area contributed by atoms with Crippen LogP contribution in [0.15, 0.2) is 47.4 Å². The maximum atomic E-state index is 13.3. The lowest BCUT2D eigenvalue weighted by Gasteiger charge is -2.37. The Morgan fingerprint density at radius 2 is 1.64 bits per heavy atom. The monoisotopic (exact) mass is 504 g/mol. The minimum absolute atomic E-state index is 0.130. The molecule has 2 amide bonds. The normalized spacial score (nSPS) is 18.2. The number of nitrogens with one attached hydrogen (secondary N) is 3. The molecular formula is C27H28N4O4S. The molecule has 0 bridgehead atoms. The fourth-order valence-electron chi connectivity index (χ4n) is 4.80. The molecule has 3 N–H and O–H groups in total. The summed E-state index contributed by atoms with van der Waals surface area (Å²) in [6, 6.07) is 12.2. The number of carbonyl (C=O) groups is 2. The molecule has 2 aliphatic carbocycles. The lowest BCUT2D eigenvalue weighted by atomic mass is 9.80. The summed E-state index contributed by atoms with van der Waals surface area (Å²) < 4.78 is 23.5. The van der Waals surface area contributed by atoms with E-state index in [1.54, 1.807) is 30.3 Å². The van der Waals surface area contributed by atoms with E-state index >= 15 is 0 Å². The third kappa shape index (κ3) is 4.61. The SMILES string of the molecule is C#CC1(NC(=O)C2(NC(=O)c3nc4ccc(-c5ccc(S(C)(=O)=O)cc5)cc4[nH]3)CCCCC2)CC1. The number of sulfone groups is 1. The third-order valence-corrected chi connectivity index (χ3v) is 8.31. The number of terminal acetylenes is 1. The molecular weight excluding hydrogens is 476 g/mol. The van der Waals surface area contributed by atoms with Crippen LogP contribution >= 0.6 is 0 Å². The number of aromatic amines is 1. The van der Waals surface area contributed by atoms with Crippen molar-refractivity contribution in [2.24, 2.45) is 0 Å². The Hall–Kier alpha value is -3.64. The first kappa shape index (κ1) is 24.1. The summed E-state index contributed by atoms with van der Waals surface area (Å²) in [4.78, 5) is 34.3. The highest BCUT2D eigenvalue weighted by Crippen LogP contribution is 2.37. The number of imidazole rings is 1. The Kier molecular flexibility index (Phi) is 5.87. The number of amides is 2. The van der Waals surface area contributed by atoms with Crippen LogP contribution in [-0.2, 0) is 14.6 Å². The van der Waals surface area contributed by atoms with E-state index in [0.717, 1.165) is 43.2 Å². The molecule has 2 saturated carbocycles. The molecule has 0 spiro atoms. The van der Waals surface area contributed by atoms with E-state index in [1.807, 2.05) is 12.1 Å². The molecule has 2 aliphatic rings. The Balaban J connectivity index is 1.38. The highest BCUT2D eigenvalue weighted by Gasteiger charge is 2.48. The number of carbonyl (C=O) groups excluding carboxylic acids is 2. The Morgan fingerprint density at radius 3 is 2.25 bits per heavy atom. The van der Waals surface area contributed by atoms with Crippen molar-refractivity contribution in [3.05, 3.63) is 48.3 Å². The number of rotatable bonds is 6. The standard InChI is InChI=1S/C27H28N4O4S/c1-3-26(15-16-26)31-25(33)27(13-5-4-6-14-27)30-24(32)23-28-21-12-9-19(17-22(21)29-23)18-7-10-20(11-8-18)36(2,34)35/h1,7-12,17H,4-6,13-16H2,2H3,(H,28,29)(H,30,32)(H,31,33). The molecule has 9 heteroatoms. The van der Waals surface area contributed by atoms with Gasteiger partial charge in [0.1, 0.15) is 11.1 Å². The zero-order valence-corrected chi connectivity index (χ0v) is 20.9. The van der Waals surface area contributed by atoms with Gasteiger partial charge >= 0.3 is 0 Å². The zero-order chi connectivity index (χ0) is 25.6. The Bertz CT molecular complexity index is 1490. The highest BCUT2D eigenvalue weighted by atomic mass is 32.2. The summed E-state index contributed by atoms with van der Waals surface area (Å²) in [5, 5.41) is 5.97. The quantitative estimate of drug-likeness (QED) is 0.445. The predicted octanol–water partition coefficient (Wildman–Crippen LogP) is 3.35. The molecule has 2 fully saturated rings. The number of aromatic nitrogens is 2. The van der Waals surface area contributed by atoms with Crippen molar-refractivity contribution in [1.29, 1.82) is 0 Å². The second-order valence-corrected chi connectivity index (χ2v) is 11.9. The van der Waals surface area contributed by atoms with Crippen molar-refractivity contribution in [3.8, 4) is 23.5 Å². The van der Waals surface area contributed by atoms with Crippen LogP contribution in [0.25, 0.3) is 22.2 Å². The number of hydrogen-bond donors (Lipinski definition) is 3. The molecule has 1 heterocycles. The Morgan fingerprint density at radius 1 is 0.972 bits per heavy atom. The topological polar surface area (TPSA) is 121 Å². The largest absolute Gasteiger partial charge is 0.338 e. The van der Waals surface area contributed by atoms with Crippen molar-refractivity contribution in [2.45, 2.75) is 60.9 Å². The van der Waals surface area contributed by atoms with E-state index in [9.17, 15) is 18.0 Å². The van der Waals surface area contributed by atoms with E-state index in [0.29, 0.717) is 23.9 Å². The minimum atomic E-state index is -3.27. The lowest BCUT2D eigenvalue weighted by molar-refractivity contribution is -0.129. The average Bonchev–Trinajstić information content (AvgIpc) is 3.51. The fourth-order valence-corrected chi connectivity index (χ4v) is 5.43. The maximum absolute atomic E-state index is 13.3. The molecule has 0 atom stereocenters. The summed E-state index contributed by atoms with van der Waals surface area (Å²) in [6.07, 6.45) is 12.1. The molecule has 3 aromatic rings. The van der Waals surface area contributed by atoms with E-state index in [4.69, 9.17) is 6.42 Å². The van der Waals surface area contributed by atoms with Gasteiger partial charge in [0.15, 0.2) is 15.7 Å². The first-order valence-electron chi connectivity index (χ1n) is 12.1. The molecule has 36 heavy (non-hydrogen) atoms. The van der Waals surface area contributed by atoms with Crippen LogP contribution in [0, 0.1) is 12.3 Å². The van der Waals surface area contributed by atoms with Gasteiger partial charge < -0.3 is 15.6 Å². The van der Waals surface area contributed by atoms with Crippen molar-refractivity contribution in [3.63, 3.8) is 0 Å². The average molecular weight is 505 g/mol. The summed E-state index contributed by atoms with van der Waals surface area (Å²) in [5.74, 6) is 2.15. The number of H-pyrrole nitrogens is 1. The fraction of sp³-hybridized carbons (Fsp3) is 0.370. The summed E-state index contributed by atoms with van der Waals surface area (Å²) >= 11 is 0. The van der Waals surface area contributed by atoms with Crippen molar-refractivity contribution < 1.29 is 18.0 Å². The van der Waals surface area contributed by atoms with Crippen LogP contribution in [0.5, 0.6) is 0 Å². The van der Waals surface area contributed by atoms with E-state index in [-0.39, 0.29) is 16.6 Å². The molecule has 5 rings (SSSR count). The van der Waals surface area contributed by atoms with Gasteiger partial charge in [-0.15, -0.1) is 6.42 Å². The smallest absolute Gasteiger partial charge is 0.287 e. The Labute approximate surface area is 210 Å². The van der Waals surface area contributed by atoms with Gasteiger partial charge in [-0.2, -0.15) is 0 Å². The van der Waals surface area contributed by atoms with Crippen LogP contribution < -0.4 is 10.6 Å². The number of hydrogen-bond acceptors (Lipinski definition) is 5. The number of nitrogens with zero attached hydrogens (tertiary/aromatic N) is 1. The highest BCUT2D eigenvalue weighted by molar-refractivity contribution is 7.90. The molecule has 0 aliphatic heterocycles. The summed E-state index contributed by atoms with van der Waals surface area (Å²) in [5.41, 5.74) is 1.38. The van der Waals surface area contributed by atoms with Crippen molar-refractivity contribution >= 4 is 32.7 Å². The van der Waals surface area contributed by atoms with Crippen LogP contribution in [0.2, 0.25) is 0 Å². The van der Waals surface area contributed by atoms with E-state index < -0.39 is 26.8 Å². The second-order valence-electron chi connectivity index (χ2n) is 9.89. The van der Waals surface area contributed by atoms with Gasteiger partial charge in [0.2, 0.25) is 5.91 Å². The third-order valence-electron chi connectivity index (χ3n) is 7.19. The van der Waals surface area contributed by atoms with E-state index in [1.165, 1.54) is 6.26 Å². The maximum Gasteiger partial charge on any atom is 0.287 e. The van der Waals surface area contributed by atoms with Gasteiger partial charge in [-0.3, -0.25) is 9.59 Å². The molecule has 2 aromatic carbocycles. The lowest BCUT2D eigenvalue weighted by Crippen LogP contribution is -2.61. The molecule has 8 nitrogen and oxygen atoms in total. The van der Waals surface area contributed by atoms with Gasteiger partial charge in [-0.05, 0) is 61.1 Å². The predicted molar refractivity (Wildman–Crippen MR) is 137 cm³/mol. The molecule has 1 aromatic heterocycles. The first-order chi connectivity index (χ1) is 17.1. The summed E-state index contributed by atoms with van der Waals surface area (Å²) in [7, 11) is -3.27. The number of fused-ring (bicyclic) bond motifs is 1. The second kappa shape index (κ2) is 8.79. The molecule has 0 saturated heterocycles. The van der Waals surface area contributed by atoms with Crippen molar-refractivity contribution in [1.82, 2.24) is 20.6 Å². The number of benzene rings is 2. The summed E-state index contributed by atoms with van der Waals surface area (Å²) in [6.45, 7) is 0. The zero-order valence-electron chi connectivity index (χ0n) is 20.1. The first-order valence-corrected chi connectivity index (χ1v) is 14.0. The minimum Gasteiger partial charge on any atom is -0.338 e. The van der Waals surface area contributed by atoms with Gasteiger partial charge in [-0.1, -0.05) is 43.4 Å². The van der Waals surface area contributed by atoms with Crippen LogP contribution in [0.4, 0.5) is 0 Å². The molecule has 186 valence electrons. The van der Waals surface area contributed by atoms with Crippen LogP contribution in [0.3, 0.4) is 0 Å². The van der Waals surface area contributed by atoms with E-state index in [2.05, 4.69) is 26.5 Å².